The fourth-order valence-corrected chi connectivity index (χ4v) is 0. The summed E-state index contributed by atoms with van der Waals surface area (Å²) < 4.78 is 0. The molecule has 0 aromatic heterocycles. The molecule has 0 aromatic rings. The van der Waals surface area contributed by atoms with Gasteiger partial charge in [0.1, 0.15) is 0 Å². The molecule has 0 unspecified atom stereocenters. The second-order valence-corrected chi connectivity index (χ2v) is 0.289. The molecule has 0 amide bonds. The second-order valence-electron chi connectivity index (χ2n) is 0.289. The van der Waals surface area contributed by atoms with Crippen LogP contribution in [0.25, 0.3) is 0 Å². The Balaban J connectivity index is -0.0000000450. The Bertz CT molecular complexity index is 15.5. The molecule has 0 atom stereocenters. The Hall–Kier alpha value is 1.71. The van der Waals surface area contributed by atoms with Crippen molar-refractivity contribution in [2.75, 3.05) is 0 Å². The van der Waals surface area contributed by atoms with E-state index in [1.807, 2.05) is 0 Å². The van der Waals surface area contributed by atoms with Crippen LogP contribution in [-0.2, 0) is 0 Å². The van der Waals surface area contributed by atoms with Gasteiger partial charge in [-0.25, -0.2) is 0 Å². The molecule has 0 N–H and O–H groups in total. The molecule has 36 valence electrons. The summed E-state index contributed by atoms with van der Waals surface area (Å²) in [6.07, 6.45) is 0. The standard InChI is InChI=1S/Al.BO3.Lu/c;2-1(3)4;/q+3;-3;+3. The topological polar surface area (TPSA) is 69.2 Å². The molecule has 0 rings (SSSR count). The van der Waals surface area contributed by atoms with Gasteiger partial charge in [-0.15, -0.1) is 0 Å². The van der Waals surface area contributed by atoms with E-state index in [1.54, 1.807) is 0 Å². The van der Waals surface area contributed by atoms with E-state index < -0.39 is 7.32 Å². The Labute approximate surface area is 75.9 Å². The van der Waals surface area contributed by atoms with Crippen LogP contribution in [0.2, 0.25) is 0 Å². The quantitative estimate of drug-likeness (QED) is 0.414. The largest absolute Gasteiger partial charge is 3.00 e. The van der Waals surface area contributed by atoms with Crippen molar-refractivity contribution < 1.29 is 51.9 Å². The molecule has 6 heteroatoms. The number of hydrogen-bond acceptors (Lipinski definition) is 3. The van der Waals surface area contributed by atoms with Crippen molar-refractivity contribution >= 4 is 24.7 Å². The summed E-state index contributed by atoms with van der Waals surface area (Å²) in [5.74, 6) is 0. The van der Waals surface area contributed by atoms with Crippen LogP contribution in [0.5, 0.6) is 0 Å². The maximum atomic E-state index is 8.42. The van der Waals surface area contributed by atoms with Crippen molar-refractivity contribution in [2.45, 2.75) is 0 Å². The minimum Gasteiger partial charge on any atom is -0.907 e. The van der Waals surface area contributed by atoms with Crippen LogP contribution < -0.4 is 15.1 Å². The van der Waals surface area contributed by atoms with E-state index in [4.69, 9.17) is 15.1 Å². The normalized spacial score (nSPS) is 4.50. The van der Waals surface area contributed by atoms with Gasteiger partial charge in [0, 0.05) is 0 Å². The molecule has 3 nitrogen and oxygen atoms in total. The van der Waals surface area contributed by atoms with Crippen LogP contribution >= 0.6 is 0 Å². The zero-order valence-corrected chi connectivity index (χ0v) is 5.45. The average molecular weight is 261 g/mol. The van der Waals surface area contributed by atoms with Crippen molar-refractivity contribution in [1.29, 1.82) is 0 Å². The summed E-state index contributed by atoms with van der Waals surface area (Å²) in [5, 5.41) is 25.2. The molecule has 0 spiro atoms. The molecule has 0 saturated carbocycles. The van der Waals surface area contributed by atoms with Crippen LogP contribution in [0, 0.1) is 36.9 Å². The van der Waals surface area contributed by atoms with Crippen molar-refractivity contribution in [1.82, 2.24) is 0 Å². The van der Waals surface area contributed by atoms with Crippen LogP contribution in [0.3, 0.4) is 0 Å². The van der Waals surface area contributed by atoms with E-state index in [9.17, 15) is 0 Å². The van der Waals surface area contributed by atoms with Gasteiger partial charge in [-0.1, -0.05) is 0 Å². The zero-order chi connectivity index (χ0) is 3.58. The van der Waals surface area contributed by atoms with Gasteiger partial charge in [0.05, 0.1) is 0 Å². The Morgan fingerprint density at radius 3 is 1.00 bits per heavy atom. The first kappa shape index (κ1) is 15.6. The van der Waals surface area contributed by atoms with E-state index in [0.29, 0.717) is 0 Å². The Morgan fingerprint density at radius 2 is 1.00 bits per heavy atom. The molecule has 0 heterocycles. The first-order valence-corrected chi connectivity index (χ1v) is 0.707. The Morgan fingerprint density at radius 1 is 1.00 bits per heavy atom. The van der Waals surface area contributed by atoms with E-state index in [2.05, 4.69) is 0 Å². The second kappa shape index (κ2) is 9.86. The van der Waals surface area contributed by atoms with Gasteiger partial charge in [-0.3, -0.25) is 7.32 Å². The van der Waals surface area contributed by atoms with Crippen molar-refractivity contribution in [3.63, 3.8) is 0 Å². The summed E-state index contributed by atoms with van der Waals surface area (Å²) in [5.41, 5.74) is 0. The summed E-state index contributed by atoms with van der Waals surface area (Å²) in [4.78, 5) is 0. The first-order chi connectivity index (χ1) is 1.73. The molecule has 0 aliphatic heterocycles. The fourth-order valence-electron chi connectivity index (χ4n) is 0. The van der Waals surface area contributed by atoms with Gasteiger partial charge in [0.2, 0.25) is 0 Å². The first-order valence-electron chi connectivity index (χ1n) is 0.707. The number of rotatable bonds is 0. The third-order valence-electron chi connectivity index (χ3n) is 0. The van der Waals surface area contributed by atoms with Crippen LogP contribution in [-0.4, -0.2) is 24.7 Å². The average Bonchev–Trinajstić information content (AvgIpc) is 0.811. The molecule has 0 bridgehead atoms. The maximum Gasteiger partial charge on any atom is 3.00 e. The van der Waals surface area contributed by atoms with Crippen molar-refractivity contribution in [2.24, 2.45) is 0 Å². The van der Waals surface area contributed by atoms with E-state index in [-0.39, 0.29) is 54.2 Å². The van der Waals surface area contributed by atoms with E-state index in [0.717, 1.165) is 0 Å². The summed E-state index contributed by atoms with van der Waals surface area (Å²) in [6.45, 7) is 0. The van der Waals surface area contributed by atoms with Gasteiger partial charge in [-0.2, -0.15) is 0 Å². The monoisotopic (exact) mass is 261 g/mol. The molecule has 0 saturated heterocycles. The molecular formula is AlBLuO3+3. The molecular weight excluding hydrogens is 261 g/mol. The SMILES string of the molecule is [Al+3].[Lu+3].[O-]B([O-])[O-]. The third-order valence-corrected chi connectivity index (χ3v) is 0. The maximum absolute atomic E-state index is 8.42. The van der Waals surface area contributed by atoms with Gasteiger partial charge in [0.15, 0.2) is 0 Å². The third kappa shape index (κ3) is 43.3. The molecule has 0 aliphatic carbocycles. The van der Waals surface area contributed by atoms with Crippen LogP contribution in [0.15, 0.2) is 0 Å². The minimum absolute atomic E-state index is 0. The molecule has 0 aliphatic rings. The van der Waals surface area contributed by atoms with Crippen LogP contribution in [0.4, 0.5) is 0 Å². The van der Waals surface area contributed by atoms with E-state index in [1.165, 1.54) is 0 Å². The molecule has 0 radical (unpaired) electrons. The summed E-state index contributed by atoms with van der Waals surface area (Å²) in [7, 11) is -2.92. The van der Waals surface area contributed by atoms with Gasteiger partial charge in [0.25, 0.3) is 0 Å². The van der Waals surface area contributed by atoms with Crippen molar-refractivity contribution in [3.05, 3.63) is 0 Å². The van der Waals surface area contributed by atoms with Crippen molar-refractivity contribution in [3.8, 4) is 0 Å². The predicted molar refractivity (Wildman–Crippen MR) is 11.5 cm³/mol. The van der Waals surface area contributed by atoms with Gasteiger partial charge >= 0.3 is 54.2 Å². The predicted octanol–water partition coefficient (Wildman–Crippen LogP) is -4.33. The smallest absolute Gasteiger partial charge is 0.907 e. The Kier molecular flexibility index (Phi) is 25.7. The van der Waals surface area contributed by atoms with Crippen LogP contribution in [0.1, 0.15) is 0 Å². The summed E-state index contributed by atoms with van der Waals surface area (Å²) >= 11 is 0. The minimum atomic E-state index is -2.92. The zero-order valence-electron chi connectivity index (χ0n) is 2.64. The summed E-state index contributed by atoms with van der Waals surface area (Å²) in [6, 6.07) is 0. The molecule has 6 heavy (non-hydrogen) atoms. The molecule has 0 aromatic carbocycles. The molecule has 0 fully saturated rings. The van der Waals surface area contributed by atoms with Gasteiger partial charge < -0.3 is 15.1 Å². The van der Waals surface area contributed by atoms with Gasteiger partial charge in [-0.05, 0) is 0 Å². The fraction of sp³-hybridized carbons (Fsp3) is 0. The number of hydrogen-bond donors (Lipinski definition) is 0. The van der Waals surface area contributed by atoms with E-state index >= 15 is 0 Å².